The number of fused-ring (bicyclic) bond motifs is 1. The minimum absolute atomic E-state index is 0.260. The van der Waals surface area contributed by atoms with Crippen molar-refractivity contribution < 1.29 is 14.2 Å². The Morgan fingerprint density at radius 1 is 1.03 bits per heavy atom. The van der Waals surface area contributed by atoms with Crippen molar-refractivity contribution in [3.8, 4) is 35.3 Å². The van der Waals surface area contributed by atoms with E-state index in [4.69, 9.17) is 19.5 Å². The van der Waals surface area contributed by atoms with E-state index < -0.39 is 0 Å². The summed E-state index contributed by atoms with van der Waals surface area (Å²) in [5, 5.41) is 21.2. The Hall–Kier alpha value is -5.02. The summed E-state index contributed by atoms with van der Waals surface area (Å²) in [4.78, 5) is 12.3. The first-order chi connectivity index (χ1) is 16.6. The molecule has 0 radical (unpaired) electrons. The Labute approximate surface area is 195 Å². The Morgan fingerprint density at radius 3 is 2.35 bits per heavy atom. The van der Waals surface area contributed by atoms with Gasteiger partial charge in [-0.1, -0.05) is 12.1 Å². The van der Waals surface area contributed by atoms with Crippen LogP contribution in [0.2, 0.25) is 0 Å². The second-order valence-corrected chi connectivity index (χ2v) is 7.18. The van der Waals surface area contributed by atoms with Gasteiger partial charge in [-0.3, -0.25) is 0 Å². The van der Waals surface area contributed by atoms with E-state index in [1.165, 1.54) is 20.3 Å². The third kappa shape index (κ3) is 4.45. The molecule has 0 amide bonds. The molecule has 168 valence electrons. The van der Waals surface area contributed by atoms with Crippen molar-refractivity contribution in [2.75, 3.05) is 19.5 Å². The Bertz CT molecular complexity index is 1430. The van der Waals surface area contributed by atoms with Crippen molar-refractivity contribution in [1.82, 2.24) is 15.0 Å². The maximum absolute atomic E-state index is 9.28. The van der Waals surface area contributed by atoms with Gasteiger partial charge in [0.05, 0.1) is 31.9 Å². The van der Waals surface area contributed by atoms with E-state index in [1.54, 1.807) is 18.2 Å². The van der Waals surface area contributed by atoms with E-state index >= 15 is 0 Å². The fraction of sp³-hybridized carbons (Fsp3) is 0.120. The number of nitriles is 2. The molecule has 0 bridgehead atoms. The van der Waals surface area contributed by atoms with E-state index in [-0.39, 0.29) is 11.6 Å². The second kappa shape index (κ2) is 9.63. The summed E-state index contributed by atoms with van der Waals surface area (Å²) in [6, 6.07) is 14.7. The molecule has 2 aromatic heterocycles. The molecule has 2 N–H and O–H groups in total. The molecule has 0 fully saturated rings. The first-order valence-electron chi connectivity index (χ1n) is 10.2. The molecular formula is C25H20N6O3. The number of hydrogen-bond donors (Lipinski definition) is 2. The standard InChI is InChI=1S/C25H20N6O3/c1-15-14-28-22-21(15)30-25(29-18-8-6-16(7-9-18)5-4-10-26)31-24(22)34-23-19(32-2)11-17(13-27)12-20(23)33-3/h4-9,11-12,14,28H,1-3H3,(H,29,30,31)/b5-4+. The van der Waals surface area contributed by atoms with E-state index in [9.17, 15) is 5.26 Å². The number of H-pyrrole nitrogens is 1. The van der Waals surface area contributed by atoms with Gasteiger partial charge in [-0.15, -0.1) is 0 Å². The highest BCUT2D eigenvalue weighted by molar-refractivity contribution is 5.85. The first kappa shape index (κ1) is 22.2. The third-order valence-electron chi connectivity index (χ3n) is 4.99. The van der Waals surface area contributed by atoms with E-state index in [0.717, 1.165) is 16.8 Å². The van der Waals surface area contributed by atoms with Crippen LogP contribution in [0.1, 0.15) is 16.7 Å². The van der Waals surface area contributed by atoms with Gasteiger partial charge in [-0.2, -0.15) is 15.5 Å². The monoisotopic (exact) mass is 452 g/mol. The molecule has 0 aliphatic rings. The molecule has 4 aromatic rings. The number of methoxy groups -OCH3 is 2. The molecule has 0 unspecified atom stereocenters. The highest BCUT2D eigenvalue weighted by atomic mass is 16.5. The van der Waals surface area contributed by atoms with Crippen molar-refractivity contribution in [3.63, 3.8) is 0 Å². The molecule has 2 heterocycles. The third-order valence-corrected chi connectivity index (χ3v) is 4.99. The van der Waals surface area contributed by atoms with Crippen LogP contribution < -0.4 is 19.5 Å². The molecule has 0 aliphatic carbocycles. The van der Waals surface area contributed by atoms with Crippen LogP contribution in [0.5, 0.6) is 23.1 Å². The van der Waals surface area contributed by atoms with Crippen LogP contribution in [0.3, 0.4) is 0 Å². The van der Waals surface area contributed by atoms with Gasteiger partial charge in [0.25, 0.3) is 0 Å². The van der Waals surface area contributed by atoms with Crippen LogP contribution in [-0.4, -0.2) is 29.2 Å². The summed E-state index contributed by atoms with van der Waals surface area (Å²) >= 11 is 0. The van der Waals surface area contributed by atoms with Crippen LogP contribution >= 0.6 is 0 Å². The highest BCUT2D eigenvalue weighted by Gasteiger charge is 2.20. The number of aromatic amines is 1. The maximum Gasteiger partial charge on any atom is 0.249 e. The first-order valence-corrected chi connectivity index (χ1v) is 10.2. The lowest BCUT2D eigenvalue weighted by molar-refractivity contribution is 0.343. The predicted octanol–water partition coefficient (Wildman–Crippen LogP) is 5.23. The molecule has 9 heteroatoms. The fourth-order valence-corrected chi connectivity index (χ4v) is 3.32. The molecule has 0 saturated heterocycles. The normalized spacial score (nSPS) is 10.6. The largest absolute Gasteiger partial charge is 0.493 e. The number of hydrogen-bond acceptors (Lipinski definition) is 8. The van der Waals surface area contributed by atoms with Crippen molar-refractivity contribution in [3.05, 3.63) is 65.4 Å². The number of anilines is 2. The average Bonchev–Trinajstić information content (AvgIpc) is 3.24. The van der Waals surface area contributed by atoms with Crippen molar-refractivity contribution in [1.29, 1.82) is 10.5 Å². The van der Waals surface area contributed by atoms with Gasteiger partial charge in [0, 0.05) is 30.1 Å². The van der Waals surface area contributed by atoms with E-state index in [0.29, 0.717) is 34.0 Å². The Balaban J connectivity index is 1.74. The minimum atomic E-state index is 0.260. The molecular weight excluding hydrogens is 432 g/mol. The molecule has 0 spiro atoms. The number of aryl methyl sites for hydroxylation is 1. The number of rotatable bonds is 7. The topological polar surface area (TPSA) is 129 Å². The summed E-state index contributed by atoms with van der Waals surface area (Å²) < 4.78 is 17.0. The number of nitrogens with zero attached hydrogens (tertiary/aromatic N) is 4. The zero-order valence-corrected chi connectivity index (χ0v) is 18.7. The molecule has 0 saturated carbocycles. The van der Waals surface area contributed by atoms with Gasteiger partial charge in [0.15, 0.2) is 11.5 Å². The number of allylic oxidation sites excluding steroid dienone is 1. The molecule has 2 aromatic carbocycles. The van der Waals surface area contributed by atoms with Crippen LogP contribution in [0, 0.1) is 29.6 Å². The molecule has 0 aliphatic heterocycles. The lowest BCUT2D eigenvalue weighted by atomic mass is 10.2. The predicted molar refractivity (Wildman–Crippen MR) is 127 cm³/mol. The minimum Gasteiger partial charge on any atom is -0.493 e. The van der Waals surface area contributed by atoms with Crippen LogP contribution in [0.25, 0.3) is 17.1 Å². The zero-order valence-electron chi connectivity index (χ0n) is 18.7. The van der Waals surface area contributed by atoms with Crippen molar-refractivity contribution >= 4 is 28.7 Å². The van der Waals surface area contributed by atoms with Gasteiger partial charge >= 0.3 is 0 Å². The molecule has 34 heavy (non-hydrogen) atoms. The zero-order chi connectivity index (χ0) is 24.1. The van der Waals surface area contributed by atoms with E-state index in [1.807, 2.05) is 43.5 Å². The van der Waals surface area contributed by atoms with Gasteiger partial charge in [0.1, 0.15) is 11.0 Å². The summed E-state index contributed by atoms with van der Waals surface area (Å²) in [6.45, 7) is 1.93. The van der Waals surface area contributed by atoms with Gasteiger partial charge in [0.2, 0.25) is 17.6 Å². The lowest BCUT2D eigenvalue weighted by Gasteiger charge is -2.15. The van der Waals surface area contributed by atoms with E-state index in [2.05, 4.69) is 26.3 Å². The maximum atomic E-state index is 9.28. The average molecular weight is 452 g/mol. The summed E-state index contributed by atoms with van der Waals surface area (Å²) in [7, 11) is 2.97. The van der Waals surface area contributed by atoms with Crippen LogP contribution in [0.4, 0.5) is 11.6 Å². The van der Waals surface area contributed by atoms with Crippen molar-refractivity contribution in [2.24, 2.45) is 0 Å². The summed E-state index contributed by atoms with van der Waals surface area (Å²) in [6.07, 6.45) is 4.96. The lowest BCUT2D eigenvalue weighted by Crippen LogP contribution is -2.02. The molecule has 0 atom stereocenters. The SMILES string of the molecule is COc1cc(C#N)cc(OC)c1Oc1nc(Nc2ccc(/C=C/C#N)cc2)nc2c(C)c[nH]c12. The number of nitrogens with one attached hydrogen (secondary N) is 2. The Morgan fingerprint density at radius 2 is 1.74 bits per heavy atom. The summed E-state index contributed by atoms with van der Waals surface area (Å²) in [5.41, 5.74) is 4.25. The quantitative estimate of drug-likeness (QED) is 0.365. The molecule has 4 rings (SSSR count). The fourth-order valence-electron chi connectivity index (χ4n) is 3.32. The number of ether oxygens (including phenoxy) is 3. The second-order valence-electron chi connectivity index (χ2n) is 7.18. The molecule has 9 nitrogen and oxygen atoms in total. The highest BCUT2D eigenvalue weighted by Crippen LogP contribution is 2.42. The van der Waals surface area contributed by atoms with Gasteiger partial charge in [-0.25, -0.2) is 4.98 Å². The number of aromatic nitrogens is 3. The summed E-state index contributed by atoms with van der Waals surface area (Å²) in [5.74, 6) is 1.55. The Kier molecular flexibility index (Phi) is 6.29. The smallest absolute Gasteiger partial charge is 0.249 e. The van der Waals surface area contributed by atoms with Crippen LogP contribution in [-0.2, 0) is 0 Å². The van der Waals surface area contributed by atoms with Crippen LogP contribution in [0.15, 0.2) is 48.7 Å². The number of benzene rings is 2. The van der Waals surface area contributed by atoms with Gasteiger partial charge < -0.3 is 24.5 Å². The van der Waals surface area contributed by atoms with Gasteiger partial charge in [-0.05, 0) is 36.3 Å². The van der Waals surface area contributed by atoms with Crippen molar-refractivity contribution in [2.45, 2.75) is 6.92 Å².